The summed E-state index contributed by atoms with van der Waals surface area (Å²) in [5.41, 5.74) is 0.778. The van der Waals surface area contributed by atoms with Crippen molar-refractivity contribution >= 4 is 0 Å². The molecule has 0 spiro atoms. The van der Waals surface area contributed by atoms with Crippen molar-refractivity contribution in [3.8, 4) is 0 Å². The van der Waals surface area contributed by atoms with E-state index in [1.54, 1.807) is 0 Å². The summed E-state index contributed by atoms with van der Waals surface area (Å²) in [6.07, 6.45) is 2.15. The van der Waals surface area contributed by atoms with Crippen LogP contribution in [-0.4, -0.2) is 23.4 Å². The molecule has 0 aromatic heterocycles. The quantitative estimate of drug-likeness (QED) is 0.555. The van der Waals surface area contributed by atoms with E-state index >= 15 is 0 Å². The van der Waals surface area contributed by atoms with Gasteiger partial charge in [0.2, 0.25) is 0 Å². The molecule has 0 radical (unpaired) electrons. The zero-order chi connectivity index (χ0) is 7.78. The molecule has 0 aromatic carbocycles. The predicted molar refractivity (Wildman–Crippen MR) is 39.8 cm³/mol. The van der Waals surface area contributed by atoms with Crippen LogP contribution in [0, 0.1) is 0 Å². The molecular weight excluding hydrogens is 128 g/mol. The summed E-state index contributed by atoms with van der Waals surface area (Å²) in [6.45, 7) is 5.97. The Morgan fingerprint density at radius 3 is 2.60 bits per heavy atom. The first kappa shape index (κ1) is 7.76. The van der Waals surface area contributed by atoms with Crippen LogP contribution in [0.3, 0.4) is 0 Å². The molecule has 1 N–H and O–H groups in total. The van der Waals surface area contributed by atoms with Gasteiger partial charge in [-0.2, -0.15) is 0 Å². The summed E-state index contributed by atoms with van der Waals surface area (Å²) in [7, 11) is 0. The van der Waals surface area contributed by atoms with Crippen molar-refractivity contribution in [2.75, 3.05) is 6.61 Å². The normalized spacial score (nSPS) is 40.0. The fraction of sp³-hybridized carbons (Fsp3) is 0.750. The third kappa shape index (κ3) is 1.22. The molecule has 10 heavy (non-hydrogen) atoms. The maximum atomic E-state index is 8.89. The van der Waals surface area contributed by atoms with Crippen LogP contribution in [0.5, 0.6) is 0 Å². The van der Waals surface area contributed by atoms with E-state index in [2.05, 4.69) is 0 Å². The lowest BCUT2D eigenvalue weighted by molar-refractivity contribution is -0.0395. The van der Waals surface area contributed by atoms with E-state index < -0.39 is 5.60 Å². The first-order chi connectivity index (χ1) is 4.57. The highest BCUT2D eigenvalue weighted by molar-refractivity contribution is 5.18. The first-order valence-corrected chi connectivity index (χ1v) is 3.55. The molecule has 0 saturated heterocycles. The van der Waals surface area contributed by atoms with Gasteiger partial charge in [-0.15, -0.1) is 0 Å². The number of hydrogen-bond acceptors (Lipinski definition) is 2. The second kappa shape index (κ2) is 2.36. The van der Waals surface area contributed by atoms with Crippen molar-refractivity contribution in [3.63, 3.8) is 0 Å². The van der Waals surface area contributed by atoms with Crippen LogP contribution in [0.15, 0.2) is 11.6 Å². The van der Waals surface area contributed by atoms with Gasteiger partial charge in [0.25, 0.3) is 0 Å². The number of ether oxygens (including phenoxy) is 1. The largest absolute Gasteiger partial charge is 0.393 e. The Hall–Kier alpha value is -0.340. The molecule has 0 unspecified atom stereocenters. The highest BCUT2D eigenvalue weighted by Crippen LogP contribution is 2.27. The Balaban J connectivity index is 2.72. The van der Waals surface area contributed by atoms with Gasteiger partial charge in [-0.05, 0) is 32.4 Å². The second-order valence-corrected chi connectivity index (χ2v) is 3.12. The molecule has 0 bridgehead atoms. The third-order valence-electron chi connectivity index (χ3n) is 1.93. The second-order valence-electron chi connectivity index (χ2n) is 3.12. The van der Waals surface area contributed by atoms with E-state index in [4.69, 9.17) is 9.84 Å². The molecular formula is C8H14O2. The zero-order valence-corrected chi connectivity index (χ0v) is 6.72. The first-order valence-electron chi connectivity index (χ1n) is 3.55. The van der Waals surface area contributed by atoms with Crippen LogP contribution in [0.1, 0.15) is 20.8 Å². The lowest BCUT2D eigenvalue weighted by Gasteiger charge is -2.20. The van der Waals surface area contributed by atoms with Gasteiger partial charge in [-0.25, -0.2) is 0 Å². The molecule has 1 heterocycles. The molecule has 1 aliphatic heterocycles. The van der Waals surface area contributed by atoms with Gasteiger partial charge in [0.15, 0.2) is 0 Å². The Morgan fingerprint density at radius 1 is 1.80 bits per heavy atom. The van der Waals surface area contributed by atoms with Crippen LogP contribution < -0.4 is 0 Å². The molecule has 2 heteroatoms. The molecule has 0 aliphatic carbocycles. The van der Waals surface area contributed by atoms with Crippen molar-refractivity contribution in [1.29, 1.82) is 0 Å². The fourth-order valence-corrected chi connectivity index (χ4v) is 1.21. The van der Waals surface area contributed by atoms with E-state index in [1.807, 2.05) is 26.8 Å². The van der Waals surface area contributed by atoms with Crippen molar-refractivity contribution in [3.05, 3.63) is 11.6 Å². The van der Waals surface area contributed by atoms with Gasteiger partial charge in [0.05, 0.1) is 12.7 Å². The van der Waals surface area contributed by atoms with Gasteiger partial charge < -0.3 is 9.84 Å². The molecule has 58 valence electrons. The van der Waals surface area contributed by atoms with Crippen LogP contribution in [0.4, 0.5) is 0 Å². The Kier molecular flexibility index (Phi) is 1.84. The van der Waals surface area contributed by atoms with E-state index in [1.165, 1.54) is 5.57 Å². The van der Waals surface area contributed by atoms with E-state index in [0.29, 0.717) is 0 Å². The average Bonchev–Trinajstić information content (AvgIpc) is 2.10. The van der Waals surface area contributed by atoms with E-state index in [0.717, 1.165) is 0 Å². The molecule has 2 nitrogen and oxygen atoms in total. The number of aliphatic hydroxyl groups is 1. The summed E-state index contributed by atoms with van der Waals surface area (Å²) >= 11 is 0. The molecule has 0 fully saturated rings. The fourth-order valence-electron chi connectivity index (χ4n) is 1.21. The summed E-state index contributed by atoms with van der Waals surface area (Å²) in [5.74, 6) is 0. The zero-order valence-electron chi connectivity index (χ0n) is 6.72. The molecule has 2 atom stereocenters. The summed E-state index contributed by atoms with van der Waals surface area (Å²) in [6, 6.07) is 0. The average molecular weight is 142 g/mol. The Bertz CT molecular complexity index is 163. The number of rotatable bonds is 1. The van der Waals surface area contributed by atoms with Gasteiger partial charge in [0, 0.05) is 0 Å². The summed E-state index contributed by atoms with van der Waals surface area (Å²) in [4.78, 5) is 0. The monoisotopic (exact) mass is 142 g/mol. The van der Waals surface area contributed by atoms with Crippen LogP contribution >= 0.6 is 0 Å². The van der Waals surface area contributed by atoms with Crippen LogP contribution in [0.25, 0.3) is 0 Å². The van der Waals surface area contributed by atoms with Crippen molar-refractivity contribution in [2.45, 2.75) is 32.5 Å². The Labute approximate surface area is 61.5 Å². The van der Waals surface area contributed by atoms with Gasteiger partial charge in [0.1, 0.15) is 5.60 Å². The topological polar surface area (TPSA) is 29.5 Å². The van der Waals surface area contributed by atoms with Crippen LogP contribution in [0.2, 0.25) is 0 Å². The van der Waals surface area contributed by atoms with Crippen molar-refractivity contribution in [2.24, 2.45) is 0 Å². The van der Waals surface area contributed by atoms with E-state index in [9.17, 15) is 0 Å². The summed E-state index contributed by atoms with van der Waals surface area (Å²) < 4.78 is 5.47. The number of hydrogen-bond donors (Lipinski definition) is 1. The SMILES string of the molecule is CC1=C[C@@](C)(CO)O[C@H]1C. The standard InChI is InChI=1S/C8H14O2/c1-6-4-8(3,5-9)10-7(6)2/h4,7,9H,5H2,1-3H3/t7-,8-/m0/s1. The van der Waals surface area contributed by atoms with Gasteiger partial charge in [-0.3, -0.25) is 0 Å². The minimum absolute atomic E-state index is 0.0642. The molecule has 0 aromatic rings. The minimum Gasteiger partial charge on any atom is -0.393 e. The highest BCUT2D eigenvalue weighted by atomic mass is 16.5. The van der Waals surface area contributed by atoms with Crippen molar-refractivity contribution in [1.82, 2.24) is 0 Å². The van der Waals surface area contributed by atoms with Gasteiger partial charge in [-0.1, -0.05) is 0 Å². The maximum Gasteiger partial charge on any atom is 0.108 e. The molecule has 1 aliphatic rings. The molecule has 0 amide bonds. The smallest absolute Gasteiger partial charge is 0.108 e. The molecule has 0 saturated carbocycles. The minimum atomic E-state index is -0.427. The lowest BCUT2D eigenvalue weighted by atomic mass is 10.1. The lowest BCUT2D eigenvalue weighted by Crippen LogP contribution is -2.28. The number of aliphatic hydroxyl groups excluding tert-OH is 1. The van der Waals surface area contributed by atoms with Crippen molar-refractivity contribution < 1.29 is 9.84 Å². The van der Waals surface area contributed by atoms with Crippen LogP contribution in [-0.2, 0) is 4.74 Å². The predicted octanol–water partition coefficient (Wildman–Crippen LogP) is 1.10. The summed E-state index contributed by atoms with van der Waals surface area (Å²) in [5, 5.41) is 8.89. The molecule has 1 rings (SSSR count). The maximum absolute atomic E-state index is 8.89. The highest BCUT2D eigenvalue weighted by Gasteiger charge is 2.30. The third-order valence-corrected chi connectivity index (χ3v) is 1.93. The van der Waals surface area contributed by atoms with Gasteiger partial charge >= 0.3 is 0 Å². The Morgan fingerprint density at radius 2 is 2.40 bits per heavy atom. The van der Waals surface area contributed by atoms with E-state index in [-0.39, 0.29) is 12.7 Å².